The van der Waals surface area contributed by atoms with Gasteiger partial charge in [0, 0.05) is 39.5 Å². The van der Waals surface area contributed by atoms with Gasteiger partial charge in [0.2, 0.25) is 11.8 Å². The van der Waals surface area contributed by atoms with Crippen molar-refractivity contribution in [2.45, 2.75) is 25.9 Å². The summed E-state index contributed by atoms with van der Waals surface area (Å²) in [6.45, 7) is 4.75. The van der Waals surface area contributed by atoms with Crippen LogP contribution in [-0.4, -0.2) is 68.2 Å². The number of nitrogens with zero attached hydrogens (tertiary/aromatic N) is 2. The van der Waals surface area contributed by atoms with Gasteiger partial charge in [-0.15, -0.1) is 0 Å². The van der Waals surface area contributed by atoms with Crippen molar-refractivity contribution >= 4 is 23.6 Å². The highest BCUT2D eigenvalue weighted by Crippen LogP contribution is 2.24. The van der Waals surface area contributed by atoms with E-state index < -0.39 is 18.0 Å². The van der Waals surface area contributed by atoms with E-state index >= 15 is 0 Å². The molecule has 0 spiro atoms. The minimum absolute atomic E-state index is 0.0221. The maximum absolute atomic E-state index is 14.5. The van der Waals surface area contributed by atoms with Crippen LogP contribution in [0.3, 0.4) is 0 Å². The predicted molar refractivity (Wildman–Crippen MR) is 100 cm³/mol. The topological polar surface area (TPSA) is 91.0 Å². The molecule has 0 aliphatic carbocycles. The molecule has 0 unspecified atom stereocenters. The number of carbonyl (C=O) groups is 3. The molecule has 2 heterocycles. The summed E-state index contributed by atoms with van der Waals surface area (Å²) in [5.74, 6) is -0.641. The molecular formula is C19H25FN4O4. The van der Waals surface area contributed by atoms with E-state index in [-0.39, 0.29) is 31.3 Å². The van der Waals surface area contributed by atoms with Gasteiger partial charge < -0.3 is 20.3 Å². The third-order valence-electron chi connectivity index (χ3n) is 4.88. The molecule has 1 aromatic carbocycles. The molecule has 0 aromatic heterocycles. The van der Waals surface area contributed by atoms with Crippen molar-refractivity contribution in [2.24, 2.45) is 0 Å². The monoisotopic (exact) mass is 392 g/mol. The average molecular weight is 392 g/mol. The molecule has 3 rings (SSSR count). The number of benzene rings is 1. The van der Waals surface area contributed by atoms with Crippen LogP contribution in [0.1, 0.15) is 18.9 Å². The van der Waals surface area contributed by atoms with Gasteiger partial charge in [-0.1, -0.05) is 6.07 Å². The number of hydrogen-bond donors (Lipinski definition) is 2. The lowest BCUT2D eigenvalue weighted by atomic mass is 10.1. The molecule has 8 nitrogen and oxygen atoms in total. The van der Waals surface area contributed by atoms with Crippen molar-refractivity contribution in [1.82, 2.24) is 15.5 Å². The summed E-state index contributed by atoms with van der Waals surface area (Å²) in [4.78, 5) is 38.4. The Morgan fingerprint density at radius 2 is 2.07 bits per heavy atom. The van der Waals surface area contributed by atoms with Crippen molar-refractivity contribution in [3.8, 4) is 0 Å². The zero-order chi connectivity index (χ0) is 20.1. The molecule has 0 saturated carbocycles. The molecule has 2 aliphatic rings. The van der Waals surface area contributed by atoms with E-state index in [0.717, 1.165) is 13.1 Å². The summed E-state index contributed by atoms with van der Waals surface area (Å²) in [6, 6.07) is 4.53. The Morgan fingerprint density at radius 1 is 1.32 bits per heavy atom. The van der Waals surface area contributed by atoms with Crippen LogP contribution in [-0.2, 0) is 20.7 Å². The van der Waals surface area contributed by atoms with Crippen LogP contribution in [0.4, 0.5) is 14.9 Å². The highest BCUT2D eigenvalue weighted by Gasteiger charge is 2.32. The first-order valence-electron chi connectivity index (χ1n) is 9.43. The second-order valence-electron chi connectivity index (χ2n) is 6.96. The van der Waals surface area contributed by atoms with Gasteiger partial charge in [0.25, 0.3) is 0 Å². The zero-order valence-corrected chi connectivity index (χ0v) is 15.9. The molecule has 1 atom stereocenters. The first-order valence-corrected chi connectivity index (χ1v) is 9.43. The summed E-state index contributed by atoms with van der Waals surface area (Å²) >= 11 is 0. The van der Waals surface area contributed by atoms with Crippen molar-refractivity contribution in [3.63, 3.8) is 0 Å². The van der Waals surface area contributed by atoms with Crippen LogP contribution in [0.2, 0.25) is 0 Å². The molecule has 1 aromatic rings. The minimum atomic E-state index is -0.573. The molecule has 28 heavy (non-hydrogen) atoms. The van der Waals surface area contributed by atoms with E-state index in [9.17, 15) is 18.8 Å². The first kappa shape index (κ1) is 20.1. The fourth-order valence-corrected chi connectivity index (χ4v) is 3.32. The van der Waals surface area contributed by atoms with E-state index in [1.165, 1.54) is 17.9 Å². The van der Waals surface area contributed by atoms with Crippen LogP contribution in [0, 0.1) is 5.82 Å². The molecular weight excluding hydrogens is 367 g/mol. The largest absolute Gasteiger partial charge is 0.442 e. The van der Waals surface area contributed by atoms with Crippen molar-refractivity contribution in [2.75, 3.05) is 44.2 Å². The van der Waals surface area contributed by atoms with Gasteiger partial charge in [-0.05, 0) is 24.1 Å². The number of piperazine rings is 1. The SMILES string of the molecule is CC(=O)NC[C@H]1CN(c2ccc(CCC(=O)N3CCNCC3)c(F)c2)C(=O)O1. The summed E-state index contributed by atoms with van der Waals surface area (Å²) in [5.41, 5.74) is 0.833. The molecule has 2 N–H and O–H groups in total. The molecule has 2 fully saturated rings. The maximum Gasteiger partial charge on any atom is 0.414 e. The minimum Gasteiger partial charge on any atom is -0.442 e. The van der Waals surface area contributed by atoms with Gasteiger partial charge in [-0.3, -0.25) is 14.5 Å². The van der Waals surface area contributed by atoms with Gasteiger partial charge in [-0.25, -0.2) is 9.18 Å². The molecule has 9 heteroatoms. The number of hydrogen-bond acceptors (Lipinski definition) is 5. The van der Waals surface area contributed by atoms with E-state index in [1.54, 1.807) is 17.0 Å². The number of halogens is 1. The number of nitrogens with one attached hydrogen (secondary N) is 2. The van der Waals surface area contributed by atoms with Crippen LogP contribution in [0.5, 0.6) is 0 Å². The lowest BCUT2D eigenvalue weighted by Crippen LogP contribution is -2.46. The fraction of sp³-hybridized carbons (Fsp3) is 0.526. The van der Waals surface area contributed by atoms with Crippen LogP contribution in [0.15, 0.2) is 18.2 Å². The summed E-state index contributed by atoms with van der Waals surface area (Å²) < 4.78 is 19.7. The van der Waals surface area contributed by atoms with Gasteiger partial charge in [0.1, 0.15) is 11.9 Å². The number of amides is 3. The number of carbonyl (C=O) groups excluding carboxylic acids is 3. The molecule has 0 bridgehead atoms. The second-order valence-corrected chi connectivity index (χ2v) is 6.96. The molecule has 0 radical (unpaired) electrons. The van der Waals surface area contributed by atoms with E-state index in [2.05, 4.69) is 10.6 Å². The van der Waals surface area contributed by atoms with Crippen LogP contribution >= 0.6 is 0 Å². The Kier molecular flexibility index (Phi) is 6.45. The Balaban J connectivity index is 1.57. The normalized spacial score (nSPS) is 19.5. The van der Waals surface area contributed by atoms with E-state index in [1.807, 2.05) is 0 Å². The van der Waals surface area contributed by atoms with E-state index in [0.29, 0.717) is 30.8 Å². The Hall–Kier alpha value is -2.68. The van der Waals surface area contributed by atoms with Crippen molar-refractivity contribution in [1.29, 1.82) is 0 Å². The van der Waals surface area contributed by atoms with Gasteiger partial charge in [-0.2, -0.15) is 0 Å². The predicted octanol–water partition coefficient (Wildman–Crippen LogP) is 0.651. The number of aryl methyl sites for hydroxylation is 1. The fourth-order valence-electron chi connectivity index (χ4n) is 3.32. The number of cyclic esters (lactones) is 1. The van der Waals surface area contributed by atoms with E-state index in [4.69, 9.17) is 4.74 Å². The highest BCUT2D eigenvalue weighted by atomic mass is 19.1. The Morgan fingerprint density at radius 3 is 2.75 bits per heavy atom. The highest BCUT2D eigenvalue weighted by molar-refractivity contribution is 5.89. The lowest BCUT2D eigenvalue weighted by Gasteiger charge is -2.27. The van der Waals surface area contributed by atoms with Gasteiger partial charge >= 0.3 is 6.09 Å². The van der Waals surface area contributed by atoms with Crippen molar-refractivity contribution in [3.05, 3.63) is 29.6 Å². The quantitative estimate of drug-likeness (QED) is 0.742. The number of anilines is 1. The Labute approximate surface area is 163 Å². The average Bonchev–Trinajstić information content (AvgIpc) is 3.06. The third kappa shape index (κ3) is 4.98. The lowest BCUT2D eigenvalue weighted by molar-refractivity contribution is -0.131. The molecule has 152 valence electrons. The van der Waals surface area contributed by atoms with Crippen molar-refractivity contribution < 1.29 is 23.5 Å². The molecule has 2 saturated heterocycles. The second kappa shape index (κ2) is 9.01. The smallest absolute Gasteiger partial charge is 0.414 e. The first-order chi connectivity index (χ1) is 13.4. The Bertz CT molecular complexity index is 751. The molecule has 3 amide bonds. The summed E-state index contributed by atoms with van der Waals surface area (Å²) in [6.07, 6.45) is -0.488. The van der Waals surface area contributed by atoms with Crippen LogP contribution < -0.4 is 15.5 Å². The summed E-state index contributed by atoms with van der Waals surface area (Å²) in [5, 5.41) is 5.79. The van der Waals surface area contributed by atoms with Crippen LogP contribution in [0.25, 0.3) is 0 Å². The summed E-state index contributed by atoms with van der Waals surface area (Å²) in [7, 11) is 0. The maximum atomic E-state index is 14.5. The molecule has 2 aliphatic heterocycles. The standard InChI is InChI=1S/C19H25FN4O4/c1-13(25)22-11-16-12-24(19(27)28-16)15-4-2-14(17(20)10-15)3-5-18(26)23-8-6-21-7-9-23/h2,4,10,16,21H,3,5-9,11-12H2,1H3,(H,22,25)/t16-/m0/s1. The zero-order valence-electron chi connectivity index (χ0n) is 15.9. The number of ether oxygens (including phenoxy) is 1. The van der Waals surface area contributed by atoms with Gasteiger partial charge in [0.15, 0.2) is 0 Å². The third-order valence-corrected chi connectivity index (χ3v) is 4.88. The van der Waals surface area contributed by atoms with Gasteiger partial charge in [0.05, 0.1) is 18.8 Å². The number of rotatable bonds is 6.